The van der Waals surface area contributed by atoms with E-state index in [9.17, 15) is 4.39 Å². The quantitative estimate of drug-likeness (QED) is 0.376. The Hall–Kier alpha value is -1.30. The molecule has 1 aromatic rings. The van der Waals surface area contributed by atoms with Crippen LogP contribution >= 0.6 is 15.9 Å². The van der Waals surface area contributed by atoms with Crippen LogP contribution < -0.4 is 10.6 Å². The Morgan fingerprint density at radius 3 is 2.60 bits per heavy atom. The molecule has 0 bridgehead atoms. The minimum atomic E-state index is -0.339. The van der Waals surface area contributed by atoms with Crippen molar-refractivity contribution in [3.63, 3.8) is 0 Å². The molecule has 1 heterocycles. The second-order valence-corrected chi connectivity index (χ2v) is 6.39. The Bertz CT molecular complexity index is 552. The van der Waals surface area contributed by atoms with E-state index in [0.717, 1.165) is 13.1 Å². The van der Waals surface area contributed by atoms with Gasteiger partial charge in [-0.05, 0) is 52.7 Å². The second-order valence-electron chi connectivity index (χ2n) is 5.60. The van der Waals surface area contributed by atoms with Gasteiger partial charge in [0.2, 0.25) is 0 Å². The maximum atomic E-state index is 14.5. The van der Waals surface area contributed by atoms with Crippen LogP contribution in [0.3, 0.4) is 0 Å². The first-order chi connectivity index (χ1) is 9.61. The lowest BCUT2D eigenvalue weighted by molar-refractivity contribution is 0.318. The SMILES string of the molecule is N/C(=N/O)c1ccc(N2CC3CCCC3C2)c(F)c1Br. The fourth-order valence-electron chi connectivity index (χ4n) is 3.47. The molecule has 1 aliphatic heterocycles. The molecule has 1 saturated carbocycles. The maximum absolute atomic E-state index is 14.5. The van der Waals surface area contributed by atoms with Crippen LogP contribution in [0.4, 0.5) is 10.1 Å². The minimum Gasteiger partial charge on any atom is -0.409 e. The van der Waals surface area contributed by atoms with Crippen LogP contribution in [0.25, 0.3) is 0 Å². The molecule has 0 aromatic heterocycles. The summed E-state index contributed by atoms with van der Waals surface area (Å²) in [5.41, 5.74) is 6.50. The number of nitrogens with zero attached hydrogens (tertiary/aromatic N) is 2. The number of fused-ring (bicyclic) bond motifs is 1. The number of halogens is 2. The van der Waals surface area contributed by atoms with Gasteiger partial charge in [-0.3, -0.25) is 0 Å². The Morgan fingerprint density at radius 2 is 2.00 bits per heavy atom. The average molecular weight is 342 g/mol. The lowest BCUT2D eigenvalue weighted by Gasteiger charge is -2.21. The zero-order valence-electron chi connectivity index (χ0n) is 11.0. The monoisotopic (exact) mass is 341 g/mol. The third kappa shape index (κ3) is 2.16. The maximum Gasteiger partial charge on any atom is 0.171 e. The van der Waals surface area contributed by atoms with Gasteiger partial charge in [-0.25, -0.2) is 4.39 Å². The summed E-state index contributed by atoms with van der Waals surface area (Å²) in [5.74, 6) is 0.976. The highest BCUT2D eigenvalue weighted by atomic mass is 79.9. The van der Waals surface area contributed by atoms with Crippen LogP contribution in [0.2, 0.25) is 0 Å². The lowest BCUT2D eigenvalue weighted by Crippen LogP contribution is -2.23. The highest BCUT2D eigenvalue weighted by Gasteiger charge is 2.37. The fourth-order valence-corrected chi connectivity index (χ4v) is 4.01. The van der Waals surface area contributed by atoms with Gasteiger partial charge in [-0.2, -0.15) is 0 Å². The van der Waals surface area contributed by atoms with Crippen molar-refractivity contribution in [2.45, 2.75) is 19.3 Å². The molecular weight excluding hydrogens is 325 g/mol. The Balaban J connectivity index is 1.90. The average Bonchev–Trinajstić information content (AvgIpc) is 3.02. The van der Waals surface area contributed by atoms with Crippen molar-refractivity contribution in [2.24, 2.45) is 22.7 Å². The first kappa shape index (κ1) is 13.7. The van der Waals surface area contributed by atoms with Crippen molar-refractivity contribution in [1.29, 1.82) is 0 Å². The minimum absolute atomic E-state index is 0.0967. The summed E-state index contributed by atoms with van der Waals surface area (Å²) < 4.78 is 14.8. The predicted octanol–water partition coefficient (Wildman–Crippen LogP) is 2.92. The van der Waals surface area contributed by atoms with Crippen molar-refractivity contribution in [3.05, 3.63) is 28.0 Å². The third-order valence-electron chi connectivity index (χ3n) is 4.51. The van der Waals surface area contributed by atoms with E-state index in [1.165, 1.54) is 19.3 Å². The van der Waals surface area contributed by atoms with E-state index in [4.69, 9.17) is 10.9 Å². The highest BCUT2D eigenvalue weighted by molar-refractivity contribution is 9.10. The zero-order chi connectivity index (χ0) is 14.3. The Labute approximate surface area is 125 Å². The van der Waals surface area contributed by atoms with Crippen molar-refractivity contribution in [3.8, 4) is 0 Å². The number of hydrogen-bond acceptors (Lipinski definition) is 3. The summed E-state index contributed by atoms with van der Waals surface area (Å²) in [4.78, 5) is 2.12. The van der Waals surface area contributed by atoms with Crippen LogP contribution in [0.1, 0.15) is 24.8 Å². The van der Waals surface area contributed by atoms with Gasteiger partial charge in [0.05, 0.1) is 10.2 Å². The Kier molecular flexibility index (Phi) is 3.58. The summed E-state index contributed by atoms with van der Waals surface area (Å²) in [6.07, 6.45) is 3.82. The molecule has 2 atom stereocenters. The topological polar surface area (TPSA) is 61.9 Å². The Morgan fingerprint density at radius 1 is 1.35 bits per heavy atom. The summed E-state index contributed by atoms with van der Waals surface area (Å²) in [6, 6.07) is 3.40. The van der Waals surface area contributed by atoms with E-state index in [2.05, 4.69) is 26.0 Å². The molecule has 6 heteroatoms. The number of nitrogens with two attached hydrogens (primary N) is 1. The standard InChI is InChI=1S/C14H17BrFN3O/c15-12-10(14(17)18-20)4-5-11(13(12)16)19-6-8-2-1-3-9(8)7-19/h4-5,8-9,20H,1-3,6-7H2,(H2,17,18). The molecular formula is C14H17BrFN3O. The highest BCUT2D eigenvalue weighted by Crippen LogP contribution is 2.41. The van der Waals surface area contributed by atoms with E-state index >= 15 is 0 Å². The number of rotatable bonds is 2. The molecule has 3 N–H and O–H groups in total. The molecule has 0 radical (unpaired) electrons. The molecule has 3 rings (SSSR count). The molecule has 1 saturated heterocycles. The molecule has 2 unspecified atom stereocenters. The first-order valence-corrected chi connectivity index (χ1v) is 7.62. The predicted molar refractivity (Wildman–Crippen MR) is 79.7 cm³/mol. The first-order valence-electron chi connectivity index (χ1n) is 6.82. The number of anilines is 1. The molecule has 20 heavy (non-hydrogen) atoms. The third-order valence-corrected chi connectivity index (χ3v) is 5.29. The van der Waals surface area contributed by atoms with Crippen LogP contribution in [0.15, 0.2) is 21.8 Å². The molecule has 4 nitrogen and oxygen atoms in total. The number of oxime groups is 1. The van der Waals surface area contributed by atoms with E-state index in [1.807, 2.05) is 0 Å². The molecule has 0 amide bonds. The van der Waals surface area contributed by atoms with Crippen LogP contribution in [-0.4, -0.2) is 24.1 Å². The summed E-state index contributed by atoms with van der Waals surface area (Å²) >= 11 is 3.21. The van der Waals surface area contributed by atoms with Gasteiger partial charge in [0, 0.05) is 18.7 Å². The van der Waals surface area contributed by atoms with E-state index in [-0.39, 0.29) is 16.1 Å². The van der Waals surface area contributed by atoms with Crippen molar-refractivity contribution in [1.82, 2.24) is 0 Å². The van der Waals surface area contributed by atoms with Crippen LogP contribution in [-0.2, 0) is 0 Å². The van der Waals surface area contributed by atoms with Gasteiger partial charge in [0.1, 0.15) is 0 Å². The van der Waals surface area contributed by atoms with Gasteiger partial charge in [0.25, 0.3) is 0 Å². The molecule has 0 spiro atoms. The molecule has 1 aliphatic carbocycles. The van der Waals surface area contributed by atoms with Crippen molar-refractivity contribution < 1.29 is 9.60 Å². The number of hydrogen-bond donors (Lipinski definition) is 2. The van der Waals surface area contributed by atoms with Crippen molar-refractivity contribution in [2.75, 3.05) is 18.0 Å². The lowest BCUT2D eigenvalue weighted by atomic mass is 10.0. The molecule has 2 fully saturated rings. The number of amidine groups is 1. The van der Waals surface area contributed by atoms with Crippen molar-refractivity contribution >= 4 is 27.5 Å². The molecule has 1 aromatic carbocycles. The molecule has 2 aliphatic rings. The van der Waals surface area contributed by atoms with Gasteiger partial charge < -0.3 is 15.8 Å². The van der Waals surface area contributed by atoms with E-state index in [0.29, 0.717) is 23.1 Å². The van der Waals surface area contributed by atoms with Gasteiger partial charge in [-0.1, -0.05) is 11.6 Å². The van der Waals surface area contributed by atoms with Crippen LogP contribution in [0.5, 0.6) is 0 Å². The van der Waals surface area contributed by atoms with Crippen LogP contribution in [0, 0.1) is 17.7 Å². The summed E-state index contributed by atoms with van der Waals surface area (Å²) in [6.45, 7) is 1.86. The zero-order valence-corrected chi connectivity index (χ0v) is 12.6. The van der Waals surface area contributed by atoms with Gasteiger partial charge in [-0.15, -0.1) is 0 Å². The second kappa shape index (κ2) is 5.24. The largest absolute Gasteiger partial charge is 0.409 e. The molecule has 108 valence electrons. The fraction of sp³-hybridized carbons (Fsp3) is 0.500. The summed E-state index contributed by atoms with van der Waals surface area (Å²) in [5, 5.41) is 11.6. The van der Waals surface area contributed by atoms with E-state index in [1.54, 1.807) is 12.1 Å². The summed E-state index contributed by atoms with van der Waals surface area (Å²) in [7, 11) is 0. The van der Waals surface area contributed by atoms with Gasteiger partial charge >= 0.3 is 0 Å². The smallest absolute Gasteiger partial charge is 0.171 e. The normalized spacial score (nSPS) is 26.1. The van der Waals surface area contributed by atoms with E-state index < -0.39 is 0 Å². The number of benzene rings is 1. The van der Waals surface area contributed by atoms with Gasteiger partial charge in [0.15, 0.2) is 11.7 Å².